The summed E-state index contributed by atoms with van der Waals surface area (Å²) >= 11 is 0. The van der Waals surface area contributed by atoms with E-state index in [4.69, 9.17) is 4.55 Å². The highest BCUT2D eigenvalue weighted by Gasteiger charge is 2.50. The summed E-state index contributed by atoms with van der Waals surface area (Å²) in [6, 6.07) is 0. The fourth-order valence-corrected chi connectivity index (χ4v) is 6.30. The average molecular weight is 300 g/mol. The van der Waals surface area contributed by atoms with Crippen molar-refractivity contribution in [2.24, 2.45) is 23.2 Å². The molecule has 4 fully saturated rings. The molecular formula is C16H28O3S. The molecule has 0 radical (unpaired) electrons. The van der Waals surface area contributed by atoms with E-state index in [2.05, 4.69) is 0 Å². The molecule has 0 spiro atoms. The summed E-state index contributed by atoms with van der Waals surface area (Å²) in [6.45, 7) is 0. The van der Waals surface area contributed by atoms with Crippen LogP contribution in [-0.4, -0.2) is 18.7 Å². The Balaban J connectivity index is 1.38. The molecule has 0 saturated heterocycles. The minimum Gasteiger partial charge on any atom is -0.286 e. The van der Waals surface area contributed by atoms with Crippen LogP contribution in [0.25, 0.3) is 0 Å². The Morgan fingerprint density at radius 3 is 1.85 bits per heavy atom. The summed E-state index contributed by atoms with van der Waals surface area (Å²) in [7, 11) is -3.75. The van der Waals surface area contributed by atoms with E-state index in [9.17, 15) is 8.42 Å². The molecule has 0 heterocycles. The molecule has 0 aromatic carbocycles. The molecule has 0 aromatic heterocycles. The molecule has 0 atom stereocenters. The Hall–Kier alpha value is -0.0900. The Morgan fingerprint density at radius 1 is 0.850 bits per heavy atom. The van der Waals surface area contributed by atoms with E-state index in [0.717, 1.165) is 30.6 Å². The van der Waals surface area contributed by atoms with Gasteiger partial charge in [0, 0.05) is 0 Å². The van der Waals surface area contributed by atoms with Crippen molar-refractivity contribution in [1.82, 2.24) is 0 Å². The van der Waals surface area contributed by atoms with Crippen molar-refractivity contribution < 1.29 is 13.0 Å². The Bertz CT molecular complexity index is 405. The van der Waals surface area contributed by atoms with E-state index in [0.29, 0.717) is 11.8 Å². The van der Waals surface area contributed by atoms with Gasteiger partial charge >= 0.3 is 0 Å². The smallest absolute Gasteiger partial charge is 0.264 e. The lowest BCUT2D eigenvalue weighted by Crippen LogP contribution is -2.45. The maximum atomic E-state index is 10.6. The van der Waals surface area contributed by atoms with Crippen molar-refractivity contribution in [3.63, 3.8) is 0 Å². The Morgan fingerprint density at radius 2 is 1.35 bits per heavy atom. The van der Waals surface area contributed by atoms with Gasteiger partial charge in [-0.15, -0.1) is 0 Å². The summed E-state index contributed by atoms with van der Waals surface area (Å²) in [5.74, 6) is 3.02. The predicted octanol–water partition coefficient (Wildman–Crippen LogP) is 4.04. The topological polar surface area (TPSA) is 54.4 Å². The van der Waals surface area contributed by atoms with Crippen LogP contribution in [0.2, 0.25) is 0 Å². The van der Waals surface area contributed by atoms with Crippen LogP contribution in [0.15, 0.2) is 0 Å². The summed E-state index contributed by atoms with van der Waals surface area (Å²) in [5, 5.41) is 0. The van der Waals surface area contributed by atoms with Crippen LogP contribution in [0.4, 0.5) is 0 Å². The molecule has 4 bridgehead atoms. The first kappa shape index (κ1) is 14.8. The molecule has 0 amide bonds. The molecular weight excluding hydrogens is 272 g/mol. The molecule has 20 heavy (non-hydrogen) atoms. The number of hydrogen-bond donors (Lipinski definition) is 1. The first-order chi connectivity index (χ1) is 9.44. The molecule has 4 aliphatic carbocycles. The minimum atomic E-state index is -3.75. The van der Waals surface area contributed by atoms with Crippen LogP contribution < -0.4 is 0 Å². The van der Waals surface area contributed by atoms with Crippen molar-refractivity contribution in [2.75, 3.05) is 5.75 Å². The van der Waals surface area contributed by atoms with Crippen LogP contribution in [0, 0.1) is 23.2 Å². The van der Waals surface area contributed by atoms with Crippen molar-refractivity contribution in [3.05, 3.63) is 0 Å². The van der Waals surface area contributed by atoms with E-state index in [1.165, 1.54) is 51.4 Å². The van der Waals surface area contributed by atoms with Gasteiger partial charge in [-0.3, -0.25) is 4.55 Å². The molecule has 4 rings (SSSR count). The van der Waals surface area contributed by atoms with Gasteiger partial charge in [0.2, 0.25) is 0 Å². The molecule has 4 heteroatoms. The standard InChI is InChI=1S/C16H28O3S/c17-20(18,19)6-4-2-1-3-5-16-10-13-7-14(11-16)9-15(8-13)12-16/h13-15H,1-12H2,(H,17,18,19). The van der Waals surface area contributed by atoms with Gasteiger partial charge in [0.05, 0.1) is 5.75 Å². The normalized spacial score (nSPS) is 39.4. The zero-order valence-electron chi connectivity index (χ0n) is 12.4. The third-order valence-electron chi connectivity index (χ3n) is 6.02. The summed E-state index contributed by atoms with van der Waals surface area (Å²) in [5.41, 5.74) is 0.664. The van der Waals surface area contributed by atoms with E-state index < -0.39 is 10.1 Å². The van der Waals surface area contributed by atoms with E-state index in [1.54, 1.807) is 0 Å². The van der Waals surface area contributed by atoms with Crippen molar-refractivity contribution in [2.45, 2.75) is 70.6 Å². The summed E-state index contributed by atoms with van der Waals surface area (Å²) in [6.07, 6.45) is 14.2. The fraction of sp³-hybridized carbons (Fsp3) is 1.00. The zero-order chi connectivity index (χ0) is 14.2. The van der Waals surface area contributed by atoms with Crippen LogP contribution >= 0.6 is 0 Å². The van der Waals surface area contributed by atoms with Gasteiger partial charge in [-0.05, 0) is 74.5 Å². The number of unbranched alkanes of at least 4 members (excludes halogenated alkanes) is 3. The molecule has 0 aliphatic heterocycles. The van der Waals surface area contributed by atoms with Crippen LogP contribution in [0.1, 0.15) is 70.6 Å². The Labute approximate surface area is 123 Å². The van der Waals surface area contributed by atoms with Crippen molar-refractivity contribution >= 4 is 10.1 Å². The molecule has 0 unspecified atom stereocenters. The van der Waals surface area contributed by atoms with Crippen LogP contribution in [0.3, 0.4) is 0 Å². The van der Waals surface area contributed by atoms with Gasteiger partial charge in [0.1, 0.15) is 0 Å². The SMILES string of the molecule is O=S(=O)(O)CCCCCCC12CC3CC(CC(C3)C1)C2. The van der Waals surface area contributed by atoms with Crippen LogP contribution in [0.5, 0.6) is 0 Å². The number of rotatable bonds is 7. The summed E-state index contributed by atoms with van der Waals surface area (Å²) < 4.78 is 30.0. The first-order valence-electron chi connectivity index (χ1n) is 8.39. The molecule has 4 saturated carbocycles. The van der Waals surface area contributed by atoms with Gasteiger partial charge in [0.25, 0.3) is 10.1 Å². The number of hydrogen-bond acceptors (Lipinski definition) is 2. The zero-order valence-corrected chi connectivity index (χ0v) is 13.2. The molecule has 3 nitrogen and oxygen atoms in total. The van der Waals surface area contributed by atoms with Gasteiger partial charge < -0.3 is 0 Å². The van der Waals surface area contributed by atoms with Crippen molar-refractivity contribution in [1.29, 1.82) is 0 Å². The predicted molar refractivity (Wildman–Crippen MR) is 80.1 cm³/mol. The Kier molecular flexibility index (Phi) is 4.15. The lowest BCUT2D eigenvalue weighted by atomic mass is 9.48. The highest BCUT2D eigenvalue weighted by atomic mass is 32.2. The largest absolute Gasteiger partial charge is 0.286 e. The van der Waals surface area contributed by atoms with Crippen LogP contribution in [-0.2, 0) is 10.1 Å². The quantitative estimate of drug-likeness (QED) is 0.570. The highest BCUT2D eigenvalue weighted by Crippen LogP contribution is 2.61. The molecule has 0 aromatic rings. The minimum absolute atomic E-state index is 0.0651. The third-order valence-corrected chi connectivity index (χ3v) is 6.83. The monoisotopic (exact) mass is 300 g/mol. The first-order valence-corrected chi connectivity index (χ1v) is 10.0. The fourth-order valence-electron chi connectivity index (χ4n) is 5.73. The maximum absolute atomic E-state index is 10.6. The third kappa shape index (κ3) is 3.56. The lowest BCUT2D eigenvalue weighted by molar-refractivity contribution is -0.0583. The van der Waals surface area contributed by atoms with Gasteiger partial charge in [-0.1, -0.05) is 19.3 Å². The van der Waals surface area contributed by atoms with E-state index in [-0.39, 0.29) is 5.75 Å². The van der Waals surface area contributed by atoms with Gasteiger partial charge in [0.15, 0.2) is 0 Å². The molecule has 4 aliphatic rings. The second-order valence-corrected chi connectivity index (χ2v) is 9.44. The van der Waals surface area contributed by atoms with Gasteiger partial charge in [-0.2, -0.15) is 8.42 Å². The van der Waals surface area contributed by atoms with E-state index >= 15 is 0 Å². The second kappa shape index (κ2) is 5.60. The maximum Gasteiger partial charge on any atom is 0.264 e. The average Bonchev–Trinajstić information content (AvgIpc) is 2.30. The molecule has 116 valence electrons. The second-order valence-electron chi connectivity index (χ2n) is 7.87. The molecule has 1 N–H and O–H groups in total. The lowest BCUT2D eigenvalue weighted by Gasteiger charge is -2.57. The van der Waals surface area contributed by atoms with Gasteiger partial charge in [-0.25, -0.2) is 0 Å². The van der Waals surface area contributed by atoms with Crippen molar-refractivity contribution in [3.8, 4) is 0 Å². The summed E-state index contributed by atoms with van der Waals surface area (Å²) in [4.78, 5) is 0. The highest BCUT2D eigenvalue weighted by molar-refractivity contribution is 7.85. The van der Waals surface area contributed by atoms with E-state index in [1.807, 2.05) is 0 Å².